The number of hydrogen-bond donors (Lipinski definition) is 3. The van der Waals surface area contributed by atoms with Crippen molar-refractivity contribution in [2.45, 2.75) is 38.6 Å². The molecule has 8 nitrogen and oxygen atoms in total. The second-order valence-electron chi connectivity index (χ2n) is 6.11. The number of benzene rings is 1. The minimum absolute atomic E-state index is 0.121. The fourth-order valence-corrected chi connectivity index (χ4v) is 2.97. The van der Waals surface area contributed by atoms with Crippen LogP contribution in [0.3, 0.4) is 0 Å². The van der Waals surface area contributed by atoms with Gasteiger partial charge in [0.2, 0.25) is 11.8 Å². The van der Waals surface area contributed by atoms with E-state index in [1.165, 1.54) is 6.20 Å². The van der Waals surface area contributed by atoms with Gasteiger partial charge in [-0.05, 0) is 31.0 Å². The Labute approximate surface area is 167 Å². The number of nitrogens with zero attached hydrogens (tertiary/aromatic N) is 3. The van der Waals surface area contributed by atoms with Crippen LogP contribution in [0.5, 0.6) is 0 Å². The van der Waals surface area contributed by atoms with Crippen LogP contribution in [0.25, 0.3) is 0 Å². The Kier molecular flexibility index (Phi) is 8.93. The highest BCUT2D eigenvalue weighted by molar-refractivity contribution is 9.10. The maximum absolute atomic E-state index is 11.2. The van der Waals surface area contributed by atoms with Crippen molar-refractivity contribution < 1.29 is 4.92 Å². The molecule has 0 radical (unpaired) electrons. The van der Waals surface area contributed by atoms with E-state index in [1.54, 1.807) is 0 Å². The Balaban J connectivity index is 1.93. The zero-order valence-electron chi connectivity index (χ0n) is 15.2. The Morgan fingerprint density at radius 1 is 1.11 bits per heavy atom. The molecule has 0 spiro atoms. The van der Waals surface area contributed by atoms with Crippen molar-refractivity contribution in [1.82, 2.24) is 9.97 Å². The lowest BCUT2D eigenvalue weighted by atomic mass is 10.1. The van der Waals surface area contributed by atoms with Crippen molar-refractivity contribution in [3.05, 3.63) is 50.6 Å². The Bertz CT molecular complexity index is 744. The van der Waals surface area contributed by atoms with Crippen LogP contribution < -0.4 is 16.4 Å². The van der Waals surface area contributed by atoms with E-state index >= 15 is 0 Å². The predicted octanol–water partition coefficient (Wildman–Crippen LogP) is 4.08. The molecule has 9 heteroatoms. The first-order valence-electron chi connectivity index (χ1n) is 9.04. The van der Waals surface area contributed by atoms with Crippen LogP contribution in [0, 0.1) is 10.1 Å². The van der Waals surface area contributed by atoms with Crippen LogP contribution in [-0.4, -0.2) is 28.0 Å². The van der Waals surface area contributed by atoms with Gasteiger partial charge < -0.3 is 16.4 Å². The molecule has 0 atom stereocenters. The molecular weight excluding hydrogens is 412 g/mol. The molecule has 2 aromatic rings. The number of aromatic nitrogens is 2. The third-order valence-corrected chi connectivity index (χ3v) is 4.81. The molecule has 0 amide bonds. The number of rotatable bonds is 12. The number of anilines is 2. The van der Waals surface area contributed by atoms with Crippen LogP contribution in [0.4, 0.5) is 17.5 Å². The van der Waals surface area contributed by atoms with Crippen LogP contribution in [0.2, 0.25) is 0 Å². The van der Waals surface area contributed by atoms with Crippen LogP contribution in [0.1, 0.15) is 37.7 Å². The number of hydrogen-bond acceptors (Lipinski definition) is 7. The van der Waals surface area contributed by atoms with Gasteiger partial charge in [-0.3, -0.25) is 10.1 Å². The second-order valence-corrected chi connectivity index (χ2v) is 6.97. The summed E-state index contributed by atoms with van der Waals surface area (Å²) in [5.74, 6) is 0.591. The van der Waals surface area contributed by atoms with E-state index in [9.17, 15) is 10.1 Å². The largest absolute Gasteiger partial charge is 0.364 e. The SMILES string of the molecule is NCCCCCCCNc1nc(NCc2ccccc2Br)ncc1[N+](=O)[O-]. The summed E-state index contributed by atoms with van der Waals surface area (Å²) in [6.07, 6.45) is 6.48. The second kappa shape index (κ2) is 11.5. The molecule has 0 aliphatic heterocycles. The fraction of sp³-hybridized carbons (Fsp3) is 0.444. The lowest BCUT2D eigenvalue weighted by Crippen LogP contribution is -2.10. The number of halogens is 1. The van der Waals surface area contributed by atoms with Gasteiger partial charge in [0.05, 0.1) is 4.92 Å². The minimum atomic E-state index is -0.471. The van der Waals surface area contributed by atoms with Gasteiger partial charge in [0.25, 0.3) is 0 Å². The van der Waals surface area contributed by atoms with Crippen molar-refractivity contribution in [3.8, 4) is 0 Å². The summed E-state index contributed by atoms with van der Waals surface area (Å²) in [6.45, 7) is 1.87. The Morgan fingerprint density at radius 3 is 2.59 bits per heavy atom. The third kappa shape index (κ3) is 7.10. The molecule has 0 saturated carbocycles. The molecule has 0 unspecified atom stereocenters. The zero-order chi connectivity index (χ0) is 19.5. The first kappa shape index (κ1) is 21.0. The third-order valence-electron chi connectivity index (χ3n) is 4.03. The van der Waals surface area contributed by atoms with Crippen LogP contribution in [-0.2, 0) is 6.54 Å². The van der Waals surface area contributed by atoms with Gasteiger partial charge in [0, 0.05) is 17.6 Å². The molecule has 2 rings (SSSR count). The summed E-state index contributed by atoms with van der Waals surface area (Å²) in [4.78, 5) is 19.1. The Hall–Kier alpha value is -2.26. The molecule has 146 valence electrons. The molecule has 0 saturated heterocycles. The summed E-state index contributed by atoms with van der Waals surface area (Å²) in [5.41, 5.74) is 6.40. The van der Waals surface area contributed by atoms with E-state index in [-0.39, 0.29) is 11.5 Å². The molecule has 1 aromatic carbocycles. The molecule has 1 aromatic heterocycles. The lowest BCUT2D eigenvalue weighted by Gasteiger charge is -2.10. The highest BCUT2D eigenvalue weighted by atomic mass is 79.9. The van der Waals surface area contributed by atoms with Crippen LogP contribution >= 0.6 is 15.9 Å². The first-order chi connectivity index (χ1) is 13.1. The summed E-state index contributed by atoms with van der Waals surface area (Å²) >= 11 is 3.49. The highest BCUT2D eigenvalue weighted by Crippen LogP contribution is 2.23. The molecule has 27 heavy (non-hydrogen) atoms. The monoisotopic (exact) mass is 436 g/mol. The number of unbranched alkanes of at least 4 members (excludes halogenated alkanes) is 4. The first-order valence-corrected chi connectivity index (χ1v) is 9.83. The van der Waals surface area contributed by atoms with Gasteiger partial charge in [0.1, 0.15) is 6.20 Å². The molecular formula is C18H25BrN6O2. The van der Waals surface area contributed by atoms with E-state index < -0.39 is 4.92 Å². The van der Waals surface area contributed by atoms with Gasteiger partial charge in [-0.1, -0.05) is 53.4 Å². The van der Waals surface area contributed by atoms with Crippen LogP contribution in [0.15, 0.2) is 34.9 Å². The topological polar surface area (TPSA) is 119 Å². The van der Waals surface area contributed by atoms with Crippen molar-refractivity contribution >= 4 is 33.4 Å². The van der Waals surface area contributed by atoms with E-state index in [2.05, 4.69) is 36.5 Å². The summed E-state index contributed by atoms with van der Waals surface area (Å²) in [7, 11) is 0. The fourth-order valence-electron chi connectivity index (χ4n) is 2.55. The predicted molar refractivity (Wildman–Crippen MR) is 111 cm³/mol. The quantitative estimate of drug-likeness (QED) is 0.260. The minimum Gasteiger partial charge on any atom is -0.364 e. The molecule has 1 heterocycles. The molecule has 0 aliphatic carbocycles. The van der Waals surface area contributed by atoms with Crippen molar-refractivity contribution in [3.63, 3.8) is 0 Å². The average Bonchev–Trinajstić information content (AvgIpc) is 2.66. The standard InChI is InChI=1S/C18H25BrN6O2/c19-15-9-5-4-8-14(15)12-22-18-23-13-16(25(26)27)17(24-18)21-11-7-3-1-2-6-10-20/h4-5,8-9,13H,1-3,6-7,10-12,20H2,(H2,21,22,23,24). The number of nitrogens with one attached hydrogen (secondary N) is 2. The normalized spacial score (nSPS) is 10.6. The summed E-state index contributed by atoms with van der Waals surface area (Å²) < 4.78 is 0.979. The summed E-state index contributed by atoms with van der Waals surface area (Å²) in [6, 6.07) is 7.81. The molecule has 0 aliphatic rings. The van der Waals surface area contributed by atoms with Gasteiger partial charge >= 0.3 is 5.69 Å². The van der Waals surface area contributed by atoms with Gasteiger partial charge in [-0.15, -0.1) is 0 Å². The molecule has 0 bridgehead atoms. The maximum Gasteiger partial charge on any atom is 0.329 e. The van der Waals surface area contributed by atoms with E-state index in [1.807, 2.05) is 24.3 Å². The van der Waals surface area contributed by atoms with E-state index in [0.717, 1.165) is 48.7 Å². The maximum atomic E-state index is 11.2. The van der Waals surface area contributed by atoms with E-state index in [0.29, 0.717) is 19.0 Å². The number of nitro groups is 1. The summed E-state index contributed by atoms with van der Waals surface area (Å²) in [5, 5.41) is 17.4. The Morgan fingerprint density at radius 2 is 1.85 bits per heavy atom. The molecule has 0 fully saturated rings. The average molecular weight is 437 g/mol. The van der Waals surface area contributed by atoms with Crippen molar-refractivity contribution in [2.75, 3.05) is 23.7 Å². The lowest BCUT2D eigenvalue weighted by molar-refractivity contribution is -0.384. The zero-order valence-corrected chi connectivity index (χ0v) is 16.7. The molecule has 4 N–H and O–H groups in total. The van der Waals surface area contributed by atoms with Gasteiger partial charge in [0.15, 0.2) is 0 Å². The van der Waals surface area contributed by atoms with Gasteiger partial charge in [-0.2, -0.15) is 4.98 Å². The van der Waals surface area contributed by atoms with E-state index in [4.69, 9.17) is 5.73 Å². The van der Waals surface area contributed by atoms with Crippen molar-refractivity contribution in [2.24, 2.45) is 5.73 Å². The van der Waals surface area contributed by atoms with Gasteiger partial charge in [-0.25, -0.2) is 4.98 Å². The van der Waals surface area contributed by atoms with Crippen molar-refractivity contribution in [1.29, 1.82) is 0 Å². The highest BCUT2D eigenvalue weighted by Gasteiger charge is 2.17. The smallest absolute Gasteiger partial charge is 0.329 e. The number of nitrogens with two attached hydrogens (primary N) is 1.